The van der Waals surface area contributed by atoms with E-state index in [1.54, 1.807) is 12.1 Å². The van der Waals surface area contributed by atoms with Crippen LogP contribution in [0.5, 0.6) is 0 Å². The van der Waals surface area contributed by atoms with Gasteiger partial charge in [0.05, 0.1) is 6.54 Å². The summed E-state index contributed by atoms with van der Waals surface area (Å²) in [6.45, 7) is 6.11. The van der Waals surface area contributed by atoms with Crippen LogP contribution in [0.15, 0.2) is 36.4 Å². The van der Waals surface area contributed by atoms with E-state index in [2.05, 4.69) is 20.8 Å². The Balaban J connectivity index is 1.55. The molecule has 0 atom stereocenters. The number of nitrogens with one attached hydrogen (secondary N) is 2. The zero-order valence-electron chi connectivity index (χ0n) is 15.5. The van der Waals surface area contributed by atoms with Gasteiger partial charge in [0, 0.05) is 12.1 Å². The molecule has 1 aromatic heterocycles. The first-order chi connectivity index (χ1) is 12.9. The number of halogens is 1. The standard InChI is InChI=1S/C20H21FN4OS/c1-12-8-13(2)19(14(3)9-12)23-17(26)11-22-20-25-24-18(27-20)10-15-4-6-16(21)7-5-15/h4-9H,10-11H2,1-3H3,(H,22,25)(H,23,26). The van der Waals surface area contributed by atoms with Crippen molar-refractivity contribution in [2.24, 2.45) is 0 Å². The van der Waals surface area contributed by atoms with Crippen molar-refractivity contribution in [2.45, 2.75) is 27.2 Å². The predicted octanol–water partition coefficient (Wildman–Crippen LogP) is 4.24. The van der Waals surface area contributed by atoms with Crippen molar-refractivity contribution < 1.29 is 9.18 Å². The van der Waals surface area contributed by atoms with Gasteiger partial charge in [-0.3, -0.25) is 4.79 Å². The van der Waals surface area contributed by atoms with E-state index in [1.807, 2.05) is 32.9 Å². The summed E-state index contributed by atoms with van der Waals surface area (Å²) >= 11 is 1.38. The molecule has 1 heterocycles. The summed E-state index contributed by atoms with van der Waals surface area (Å²) in [5, 5.41) is 15.5. The maximum Gasteiger partial charge on any atom is 0.243 e. The third kappa shape index (κ3) is 5.10. The number of hydrogen-bond donors (Lipinski definition) is 2. The molecule has 0 unspecified atom stereocenters. The molecule has 3 rings (SSSR count). The Labute approximate surface area is 161 Å². The van der Waals surface area contributed by atoms with Crippen molar-refractivity contribution in [3.05, 3.63) is 69.5 Å². The number of anilines is 2. The van der Waals surface area contributed by atoms with Gasteiger partial charge in [0.25, 0.3) is 0 Å². The fourth-order valence-corrected chi connectivity index (χ4v) is 3.66. The normalized spacial score (nSPS) is 10.7. The van der Waals surface area contributed by atoms with Gasteiger partial charge in [-0.15, -0.1) is 10.2 Å². The van der Waals surface area contributed by atoms with Crippen LogP contribution in [0, 0.1) is 26.6 Å². The first-order valence-electron chi connectivity index (χ1n) is 8.59. The summed E-state index contributed by atoms with van der Waals surface area (Å²) in [7, 11) is 0. The Morgan fingerprint density at radius 1 is 1.07 bits per heavy atom. The van der Waals surface area contributed by atoms with Crippen LogP contribution in [-0.2, 0) is 11.2 Å². The third-order valence-corrected chi connectivity index (χ3v) is 4.96. The zero-order chi connectivity index (χ0) is 19.4. The molecule has 0 bridgehead atoms. The summed E-state index contributed by atoms with van der Waals surface area (Å²) in [6.07, 6.45) is 0.577. The van der Waals surface area contributed by atoms with E-state index in [0.717, 1.165) is 27.4 Å². The number of aromatic nitrogens is 2. The van der Waals surface area contributed by atoms with Gasteiger partial charge in [-0.25, -0.2) is 4.39 Å². The molecule has 0 fully saturated rings. The Kier molecular flexibility index (Phi) is 5.81. The molecule has 0 aliphatic carbocycles. The molecule has 0 saturated carbocycles. The van der Waals surface area contributed by atoms with E-state index < -0.39 is 0 Å². The lowest BCUT2D eigenvalue weighted by molar-refractivity contribution is -0.114. The van der Waals surface area contributed by atoms with Gasteiger partial charge < -0.3 is 10.6 Å². The average Bonchev–Trinajstić information content (AvgIpc) is 3.06. The van der Waals surface area contributed by atoms with Crippen LogP contribution >= 0.6 is 11.3 Å². The Morgan fingerprint density at radius 2 is 1.74 bits per heavy atom. The molecule has 1 amide bonds. The molecule has 0 aliphatic rings. The smallest absolute Gasteiger partial charge is 0.243 e. The highest BCUT2D eigenvalue weighted by molar-refractivity contribution is 7.15. The highest BCUT2D eigenvalue weighted by Crippen LogP contribution is 2.22. The van der Waals surface area contributed by atoms with Gasteiger partial charge >= 0.3 is 0 Å². The summed E-state index contributed by atoms with van der Waals surface area (Å²) in [4.78, 5) is 12.3. The average molecular weight is 384 g/mol. The second-order valence-corrected chi connectivity index (χ2v) is 7.54. The number of rotatable bonds is 6. The number of carbonyl (C=O) groups is 1. The molecule has 140 valence electrons. The number of carbonyl (C=O) groups excluding carboxylic acids is 1. The molecule has 0 aliphatic heterocycles. The fraction of sp³-hybridized carbons (Fsp3) is 0.250. The topological polar surface area (TPSA) is 66.9 Å². The summed E-state index contributed by atoms with van der Waals surface area (Å²) in [6, 6.07) is 10.4. The summed E-state index contributed by atoms with van der Waals surface area (Å²) in [5.41, 5.74) is 5.06. The minimum absolute atomic E-state index is 0.109. The molecule has 27 heavy (non-hydrogen) atoms. The largest absolute Gasteiger partial charge is 0.351 e. The molecule has 0 saturated heterocycles. The first-order valence-corrected chi connectivity index (χ1v) is 9.41. The van der Waals surface area contributed by atoms with Crippen LogP contribution in [0.4, 0.5) is 15.2 Å². The molecule has 2 aromatic carbocycles. The van der Waals surface area contributed by atoms with Crippen LogP contribution in [0.1, 0.15) is 27.3 Å². The number of aryl methyl sites for hydroxylation is 3. The van der Waals surface area contributed by atoms with E-state index in [4.69, 9.17) is 0 Å². The predicted molar refractivity (Wildman–Crippen MR) is 107 cm³/mol. The summed E-state index contributed by atoms with van der Waals surface area (Å²) in [5.74, 6) is -0.399. The van der Waals surface area contributed by atoms with Gasteiger partial charge in [0.2, 0.25) is 11.0 Å². The lowest BCUT2D eigenvalue weighted by atomic mass is 10.1. The third-order valence-electron chi connectivity index (χ3n) is 4.08. The van der Waals surface area contributed by atoms with Crippen molar-refractivity contribution in [1.82, 2.24) is 10.2 Å². The van der Waals surface area contributed by atoms with E-state index in [9.17, 15) is 9.18 Å². The monoisotopic (exact) mass is 384 g/mol. The van der Waals surface area contributed by atoms with Gasteiger partial charge in [-0.05, 0) is 49.6 Å². The summed E-state index contributed by atoms with van der Waals surface area (Å²) < 4.78 is 13.0. The van der Waals surface area contributed by atoms with Crippen molar-refractivity contribution in [1.29, 1.82) is 0 Å². The van der Waals surface area contributed by atoms with E-state index >= 15 is 0 Å². The Bertz CT molecular complexity index is 930. The molecule has 7 heteroatoms. The Hall–Kier alpha value is -2.80. The van der Waals surface area contributed by atoms with Gasteiger partial charge in [-0.1, -0.05) is 41.2 Å². The van der Waals surface area contributed by atoms with Crippen LogP contribution in [0.2, 0.25) is 0 Å². The maximum absolute atomic E-state index is 13.0. The van der Waals surface area contributed by atoms with E-state index in [1.165, 1.54) is 29.0 Å². The van der Waals surface area contributed by atoms with Crippen molar-refractivity contribution in [3.8, 4) is 0 Å². The molecule has 0 spiro atoms. The van der Waals surface area contributed by atoms with E-state index in [-0.39, 0.29) is 18.3 Å². The second-order valence-electron chi connectivity index (χ2n) is 6.48. The number of amides is 1. The number of hydrogen-bond acceptors (Lipinski definition) is 5. The van der Waals surface area contributed by atoms with Crippen molar-refractivity contribution in [3.63, 3.8) is 0 Å². The van der Waals surface area contributed by atoms with Crippen LogP contribution in [-0.4, -0.2) is 22.6 Å². The molecule has 5 nitrogen and oxygen atoms in total. The van der Waals surface area contributed by atoms with Gasteiger partial charge in [-0.2, -0.15) is 0 Å². The minimum atomic E-state index is -0.261. The van der Waals surface area contributed by atoms with Crippen LogP contribution < -0.4 is 10.6 Å². The van der Waals surface area contributed by atoms with Gasteiger partial charge in [0.1, 0.15) is 10.8 Å². The SMILES string of the molecule is Cc1cc(C)c(NC(=O)CNc2nnc(Cc3ccc(F)cc3)s2)c(C)c1. The highest BCUT2D eigenvalue weighted by Gasteiger charge is 2.10. The minimum Gasteiger partial charge on any atom is -0.351 e. The van der Waals surface area contributed by atoms with Gasteiger partial charge in [0.15, 0.2) is 0 Å². The van der Waals surface area contributed by atoms with E-state index in [0.29, 0.717) is 11.6 Å². The molecule has 2 N–H and O–H groups in total. The number of benzene rings is 2. The zero-order valence-corrected chi connectivity index (χ0v) is 16.3. The molecular weight excluding hydrogens is 363 g/mol. The molecular formula is C20H21FN4OS. The molecule has 0 radical (unpaired) electrons. The van der Waals surface area contributed by atoms with Crippen LogP contribution in [0.25, 0.3) is 0 Å². The fourth-order valence-electron chi connectivity index (χ4n) is 2.89. The van der Waals surface area contributed by atoms with Crippen molar-refractivity contribution >= 4 is 28.1 Å². The lowest BCUT2D eigenvalue weighted by Crippen LogP contribution is -2.22. The number of nitrogens with zero attached hydrogens (tertiary/aromatic N) is 2. The maximum atomic E-state index is 13.0. The van der Waals surface area contributed by atoms with Crippen LogP contribution in [0.3, 0.4) is 0 Å². The highest BCUT2D eigenvalue weighted by atomic mass is 32.1. The quantitative estimate of drug-likeness (QED) is 0.667. The second kappa shape index (κ2) is 8.26. The first kappa shape index (κ1) is 19.0. The molecule has 3 aromatic rings. The van der Waals surface area contributed by atoms with Crippen molar-refractivity contribution in [2.75, 3.05) is 17.2 Å². The lowest BCUT2D eigenvalue weighted by Gasteiger charge is -2.12. The Morgan fingerprint density at radius 3 is 2.41 bits per heavy atom.